The second-order valence-electron chi connectivity index (χ2n) is 4.61. The number of hydrogen-bond acceptors (Lipinski definition) is 5. The standard InChI is InChI=1S/C14H18ClO4PS/c1-3-9-21-20(17,18-4-2)19-13-8-6-11(15)10-5-7-12(16)14(10)13/h6,8H,3-5,7,9H2,1-2H3. The molecule has 0 bridgehead atoms. The Labute approximate surface area is 133 Å². The van der Waals surface area contributed by atoms with E-state index in [1.807, 2.05) is 6.92 Å². The minimum atomic E-state index is -3.31. The maximum atomic E-state index is 12.7. The molecular formula is C14H18ClO4PS. The monoisotopic (exact) mass is 348 g/mol. The molecule has 2 rings (SSSR count). The van der Waals surface area contributed by atoms with Crippen molar-refractivity contribution >= 4 is 35.6 Å². The van der Waals surface area contributed by atoms with Crippen LogP contribution in [0.25, 0.3) is 0 Å². The normalized spacial score (nSPS) is 16.6. The second kappa shape index (κ2) is 7.19. The highest BCUT2D eigenvalue weighted by Gasteiger charge is 2.32. The molecule has 1 atom stereocenters. The van der Waals surface area contributed by atoms with Crippen LogP contribution in [0.3, 0.4) is 0 Å². The lowest BCUT2D eigenvalue weighted by Gasteiger charge is -2.19. The Bertz CT molecular complexity index is 591. The fraction of sp³-hybridized carbons (Fsp3) is 0.500. The van der Waals surface area contributed by atoms with Crippen molar-refractivity contribution in [3.8, 4) is 5.75 Å². The third kappa shape index (κ3) is 3.84. The lowest BCUT2D eigenvalue weighted by molar-refractivity contribution is 0.0993. The first-order valence-electron chi connectivity index (χ1n) is 6.94. The van der Waals surface area contributed by atoms with Gasteiger partial charge in [0.2, 0.25) is 0 Å². The van der Waals surface area contributed by atoms with E-state index in [-0.39, 0.29) is 12.4 Å². The number of carbonyl (C=O) groups excluding carboxylic acids is 1. The van der Waals surface area contributed by atoms with Crippen LogP contribution in [-0.2, 0) is 15.5 Å². The molecule has 4 nitrogen and oxygen atoms in total. The third-order valence-corrected chi connectivity index (χ3v) is 7.34. The zero-order valence-corrected chi connectivity index (χ0v) is 14.5. The molecule has 116 valence electrons. The van der Waals surface area contributed by atoms with Gasteiger partial charge in [-0.05, 0) is 48.8 Å². The molecule has 0 spiro atoms. The number of Topliss-reactive ketones (excluding diaryl/α,β-unsaturated/α-hetero) is 1. The molecule has 0 N–H and O–H groups in total. The highest BCUT2D eigenvalue weighted by molar-refractivity contribution is 8.55. The highest BCUT2D eigenvalue weighted by Crippen LogP contribution is 2.61. The largest absolute Gasteiger partial charge is 0.440 e. The second-order valence-corrected chi connectivity index (χ2v) is 9.14. The Kier molecular flexibility index (Phi) is 5.78. The van der Waals surface area contributed by atoms with E-state index in [2.05, 4.69) is 0 Å². The summed E-state index contributed by atoms with van der Waals surface area (Å²) in [6.07, 6.45) is 1.88. The predicted molar refractivity (Wildman–Crippen MR) is 86.7 cm³/mol. The molecule has 21 heavy (non-hydrogen) atoms. The Morgan fingerprint density at radius 2 is 2.10 bits per heavy atom. The van der Waals surface area contributed by atoms with Gasteiger partial charge in [0.1, 0.15) is 5.75 Å². The van der Waals surface area contributed by atoms with E-state index in [4.69, 9.17) is 20.6 Å². The van der Waals surface area contributed by atoms with Crippen molar-refractivity contribution in [1.29, 1.82) is 0 Å². The average Bonchev–Trinajstić information content (AvgIpc) is 2.84. The first kappa shape index (κ1) is 16.9. The Hall–Kier alpha value is -0.480. The van der Waals surface area contributed by atoms with Crippen molar-refractivity contribution in [1.82, 2.24) is 0 Å². The maximum absolute atomic E-state index is 12.7. The molecule has 0 heterocycles. The van der Waals surface area contributed by atoms with Crippen LogP contribution in [0.15, 0.2) is 12.1 Å². The van der Waals surface area contributed by atoms with Gasteiger partial charge in [-0.25, -0.2) is 4.57 Å². The van der Waals surface area contributed by atoms with Gasteiger partial charge in [-0.15, -0.1) is 0 Å². The van der Waals surface area contributed by atoms with Crippen LogP contribution in [0.5, 0.6) is 5.75 Å². The van der Waals surface area contributed by atoms with Gasteiger partial charge >= 0.3 is 6.80 Å². The number of ketones is 1. The summed E-state index contributed by atoms with van der Waals surface area (Å²) in [6, 6.07) is 3.28. The van der Waals surface area contributed by atoms with Crippen molar-refractivity contribution < 1.29 is 18.4 Å². The summed E-state index contributed by atoms with van der Waals surface area (Å²) in [6.45, 7) is 0.736. The number of hydrogen-bond donors (Lipinski definition) is 0. The fourth-order valence-corrected chi connectivity index (χ4v) is 5.87. The molecule has 1 aromatic rings. The van der Waals surface area contributed by atoms with Crippen LogP contribution in [0.2, 0.25) is 5.02 Å². The first-order valence-corrected chi connectivity index (χ1v) is 10.4. The van der Waals surface area contributed by atoms with Gasteiger partial charge in [-0.3, -0.25) is 9.32 Å². The van der Waals surface area contributed by atoms with E-state index in [1.54, 1.807) is 19.1 Å². The third-order valence-electron chi connectivity index (χ3n) is 3.05. The fourth-order valence-electron chi connectivity index (χ4n) is 2.16. The quantitative estimate of drug-likeness (QED) is 0.639. The molecule has 0 amide bonds. The van der Waals surface area contributed by atoms with Crippen molar-refractivity contribution in [2.24, 2.45) is 0 Å². The van der Waals surface area contributed by atoms with Crippen LogP contribution in [0, 0.1) is 0 Å². The maximum Gasteiger partial charge on any atom is 0.440 e. The van der Waals surface area contributed by atoms with E-state index in [1.165, 1.54) is 0 Å². The topological polar surface area (TPSA) is 52.6 Å². The van der Waals surface area contributed by atoms with Crippen LogP contribution >= 0.6 is 29.8 Å². The lowest BCUT2D eigenvalue weighted by Crippen LogP contribution is -2.01. The Balaban J connectivity index is 2.32. The van der Waals surface area contributed by atoms with Gasteiger partial charge in [-0.1, -0.05) is 18.5 Å². The van der Waals surface area contributed by atoms with Gasteiger partial charge < -0.3 is 4.52 Å². The molecule has 7 heteroatoms. The highest BCUT2D eigenvalue weighted by atomic mass is 35.5. The van der Waals surface area contributed by atoms with E-state index in [0.29, 0.717) is 34.9 Å². The van der Waals surface area contributed by atoms with Gasteiger partial charge in [0.05, 0.1) is 12.2 Å². The SMILES string of the molecule is CCCSP(=O)(OCC)Oc1ccc(Cl)c2c1C(=O)CC2. The van der Waals surface area contributed by atoms with Crippen molar-refractivity contribution in [3.05, 3.63) is 28.3 Å². The smallest absolute Gasteiger partial charge is 0.416 e. The minimum absolute atomic E-state index is 0.0222. The molecule has 1 aliphatic rings. The molecular weight excluding hydrogens is 331 g/mol. The minimum Gasteiger partial charge on any atom is -0.416 e. The van der Waals surface area contributed by atoms with E-state index in [0.717, 1.165) is 23.4 Å². The molecule has 0 fully saturated rings. The number of rotatable bonds is 7. The number of carbonyl (C=O) groups is 1. The van der Waals surface area contributed by atoms with Crippen molar-refractivity contribution in [2.75, 3.05) is 12.4 Å². The number of fused-ring (bicyclic) bond motifs is 1. The number of halogens is 1. The molecule has 1 aromatic carbocycles. The molecule has 0 radical (unpaired) electrons. The summed E-state index contributed by atoms with van der Waals surface area (Å²) in [4.78, 5) is 12.0. The summed E-state index contributed by atoms with van der Waals surface area (Å²) >= 11 is 7.27. The predicted octanol–water partition coefficient (Wildman–Crippen LogP) is 5.14. The van der Waals surface area contributed by atoms with Crippen LogP contribution in [0.1, 0.15) is 42.6 Å². The van der Waals surface area contributed by atoms with Gasteiger partial charge in [-0.2, -0.15) is 0 Å². The van der Waals surface area contributed by atoms with E-state index in [9.17, 15) is 9.36 Å². The summed E-state index contributed by atoms with van der Waals surface area (Å²) in [5.74, 6) is 0.962. The summed E-state index contributed by atoms with van der Waals surface area (Å²) < 4.78 is 23.6. The molecule has 0 aromatic heterocycles. The summed E-state index contributed by atoms with van der Waals surface area (Å²) in [7, 11) is 0. The van der Waals surface area contributed by atoms with Crippen molar-refractivity contribution in [3.63, 3.8) is 0 Å². The van der Waals surface area contributed by atoms with Crippen LogP contribution in [0.4, 0.5) is 0 Å². The zero-order chi connectivity index (χ0) is 15.5. The number of benzene rings is 1. The van der Waals surface area contributed by atoms with Crippen LogP contribution < -0.4 is 4.52 Å². The van der Waals surface area contributed by atoms with Gasteiger partial charge in [0, 0.05) is 17.2 Å². The summed E-state index contributed by atoms with van der Waals surface area (Å²) in [5.41, 5.74) is 1.24. The molecule has 0 saturated heterocycles. The first-order chi connectivity index (χ1) is 10.0. The van der Waals surface area contributed by atoms with Crippen LogP contribution in [-0.4, -0.2) is 18.1 Å². The van der Waals surface area contributed by atoms with E-state index < -0.39 is 6.80 Å². The lowest BCUT2D eigenvalue weighted by atomic mass is 10.1. The molecule has 1 unspecified atom stereocenters. The van der Waals surface area contributed by atoms with Crippen molar-refractivity contribution in [2.45, 2.75) is 33.1 Å². The molecule has 0 saturated carbocycles. The van der Waals surface area contributed by atoms with Gasteiger partial charge in [0.15, 0.2) is 5.78 Å². The molecule has 0 aliphatic heterocycles. The Morgan fingerprint density at radius 1 is 1.33 bits per heavy atom. The summed E-state index contributed by atoms with van der Waals surface area (Å²) in [5, 5.41) is 0.552. The van der Waals surface area contributed by atoms with E-state index >= 15 is 0 Å². The zero-order valence-electron chi connectivity index (χ0n) is 12.1. The average molecular weight is 349 g/mol. The van der Waals surface area contributed by atoms with Gasteiger partial charge in [0.25, 0.3) is 0 Å². The molecule has 1 aliphatic carbocycles. The Morgan fingerprint density at radius 3 is 2.76 bits per heavy atom.